The maximum atomic E-state index is 2.44. The van der Waals surface area contributed by atoms with Gasteiger partial charge in [0.05, 0.1) is 11.0 Å². The van der Waals surface area contributed by atoms with Crippen molar-refractivity contribution in [3.05, 3.63) is 127 Å². The summed E-state index contributed by atoms with van der Waals surface area (Å²) in [5.74, 6) is 1.46. The summed E-state index contributed by atoms with van der Waals surface area (Å²) in [4.78, 5) is 2.38. The predicted molar refractivity (Wildman–Crippen MR) is 138 cm³/mol. The van der Waals surface area contributed by atoms with Crippen LogP contribution in [0.25, 0.3) is 27.5 Å². The fourth-order valence-electron chi connectivity index (χ4n) is 5.27. The van der Waals surface area contributed by atoms with Gasteiger partial charge >= 0.3 is 0 Å². The van der Waals surface area contributed by atoms with Crippen LogP contribution in [-0.2, 0) is 0 Å². The SMILES string of the molecule is C1=CC2CC2C=C1N(c1ccccc1)c1ccc(-n2c3ccccc3c3ccccc32)cc1. The molecule has 2 aliphatic rings. The Bertz CT molecular complexity index is 1480. The molecular weight excluding hydrogens is 400 g/mol. The molecule has 1 saturated carbocycles. The Morgan fingerprint density at radius 3 is 1.88 bits per heavy atom. The van der Waals surface area contributed by atoms with E-state index >= 15 is 0 Å². The third-order valence-corrected chi connectivity index (χ3v) is 7.01. The number of benzene rings is 4. The maximum absolute atomic E-state index is 2.44. The lowest BCUT2D eigenvalue weighted by Gasteiger charge is -2.27. The predicted octanol–water partition coefficient (Wildman–Crippen LogP) is 8.01. The maximum Gasteiger partial charge on any atom is 0.0541 e. The number of rotatable bonds is 4. The van der Waals surface area contributed by atoms with Gasteiger partial charge < -0.3 is 9.47 Å². The van der Waals surface area contributed by atoms with Crippen molar-refractivity contribution in [2.24, 2.45) is 11.8 Å². The van der Waals surface area contributed by atoms with Crippen LogP contribution < -0.4 is 4.90 Å². The van der Waals surface area contributed by atoms with Crippen LogP contribution in [0.1, 0.15) is 6.42 Å². The van der Waals surface area contributed by atoms with Crippen molar-refractivity contribution in [1.29, 1.82) is 0 Å². The topological polar surface area (TPSA) is 8.17 Å². The summed E-state index contributed by atoms with van der Waals surface area (Å²) in [6.07, 6.45) is 8.40. The van der Waals surface area contributed by atoms with Crippen LogP contribution >= 0.6 is 0 Å². The van der Waals surface area contributed by atoms with Crippen molar-refractivity contribution in [3.8, 4) is 5.69 Å². The Morgan fingerprint density at radius 2 is 1.21 bits per heavy atom. The number of allylic oxidation sites excluding steroid dienone is 3. The Hall–Kier alpha value is -4.04. The lowest BCUT2D eigenvalue weighted by Crippen LogP contribution is -2.16. The van der Waals surface area contributed by atoms with E-state index in [0.29, 0.717) is 5.92 Å². The highest BCUT2D eigenvalue weighted by molar-refractivity contribution is 6.09. The average Bonchev–Trinajstić information content (AvgIpc) is 3.58. The molecular formula is C31H24N2. The van der Waals surface area contributed by atoms with Crippen LogP contribution in [0.5, 0.6) is 0 Å². The zero-order chi connectivity index (χ0) is 21.8. The normalized spacial score (nSPS) is 18.8. The van der Waals surface area contributed by atoms with E-state index in [4.69, 9.17) is 0 Å². The summed E-state index contributed by atoms with van der Waals surface area (Å²) in [5.41, 5.74) is 7.30. The van der Waals surface area contributed by atoms with Crippen LogP contribution in [0, 0.1) is 11.8 Å². The first-order valence-electron chi connectivity index (χ1n) is 11.7. The van der Waals surface area contributed by atoms with Crippen LogP contribution in [0.2, 0.25) is 0 Å². The van der Waals surface area contributed by atoms with Gasteiger partial charge in [-0.2, -0.15) is 0 Å². The molecule has 2 atom stereocenters. The van der Waals surface area contributed by atoms with Crippen LogP contribution in [0.3, 0.4) is 0 Å². The molecule has 4 aromatic carbocycles. The number of para-hydroxylation sites is 3. The molecule has 7 rings (SSSR count). The molecule has 0 amide bonds. The zero-order valence-corrected chi connectivity index (χ0v) is 18.3. The van der Waals surface area contributed by atoms with Crippen molar-refractivity contribution < 1.29 is 0 Å². The second-order valence-corrected chi connectivity index (χ2v) is 9.07. The second-order valence-electron chi connectivity index (χ2n) is 9.07. The monoisotopic (exact) mass is 424 g/mol. The van der Waals surface area contributed by atoms with Gasteiger partial charge in [-0.25, -0.2) is 0 Å². The quantitative estimate of drug-likeness (QED) is 0.284. The van der Waals surface area contributed by atoms with Crippen molar-refractivity contribution in [3.63, 3.8) is 0 Å². The minimum atomic E-state index is 0.702. The Kier molecular flexibility index (Phi) is 4.07. The molecule has 0 saturated heterocycles. The first-order valence-corrected chi connectivity index (χ1v) is 11.7. The van der Waals surface area contributed by atoms with Crippen LogP contribution in [0.15, 0.2) is 127 Å². The number of hydrogen-bond donors (Lipinski definition) is 0. The van der Waals surface area contributed by atoms with Crippen LogP contribution in [0.4, 0.5) is 11.4 Å². The van der Waals surface area contributed by atoms with Gasteiger partial charge in [0, 0.05) is 33.5 Å². The number of anilines is 2. The van der Waals surface area contributed by atoms with Crippen molar-refractivity contribution in [1.82, 2.24) is 4.57 Å². The lowest BCUT2D eigenvalue weighted by atomic mass is 10.1. The van der Waals surface area contributed by atoms with Gasteiger partial charge in [0.2, 0.25) is 0 Å². The minimum absolute atomic E-state index is 0.702. The van der Waals surface area contributed by atoms with Crippen molar-refractivity contribution in [2.45, 2.75) is 6.42 Å². The smallest absolute Gasteiger partial charge is 0.0541 e. The van der Waals surface area contributed by atoms with Gasteiger partial charge in [0.1, 0.15) is 0 Å². The summed E-state index contributed by atoms with van der Waals surface area (Å²) in [5, 5.41) is 2.58. The van der Waals surface area contributed by atoms with E-state index in [9.17, 15) is 0 Å². The first-order chi connectivity index (χ1) is 16.4. The van der Waals surface area contributed by atoms with Crippen molar-refractivity contribution >= 4 is 33.2 Å². The lowest BCUT2D eigenvalue weighted by molar-refractivity contribution is 0.950. The molecule has 1 aromatic heterocycles. The highest BCUT2D eigenvalue weighted by Gasteiger charge is 2.36. The van der Waals surface area contributed by atoms with E-state index in [1.165, 1.54) is 51.0 Å². The van der Waals surface area contributed by atoms with Gasteiger partial charge in [-0.3, -0.25) is 0 Å². The standard InChI is InChI=1S/C31H24N2/c1-2-8-24(9-3-1)32(27-15-14-22-20-23(22)21-27)25-16-18-26(19-17-25)33-30-12-6-4-10-28(30)29-11-5-7-13-31(29)33/h1-19,21-23H,20H2. The largest absolute Gasteiger partial charge is 0.311 e. The Morgan fingerprint density at radius 1 is 0.606 bits per heavy atom. The molecule has 0 spiro atoms. The Labute approximate surface area is 193 Å². The molecule has 1 fully saturated rings. The van der Waals surface area contributed by atoms with Gasteiger partial charge in [0.25, 0.3) is 0 Å². The first kappa shape index (κ1) is 18.5. The van der Waals surface area contributed by atoms with Gasteiger partial charge in [-0.15, -0.1) is 0 Å². The summed E-state index contributed by atoms with van der Waals surface area (Å²) in [6.45, 7) is 0. The van der Waals surface area contributed by atoms with Crippen molar-refractivity contribution in [2.75, 3.05) is 4.90 Å². The molecule has 0 radical (unpaired) electrons. The van der Waals surface area contributed by atoms with E-state index in [2.05, 4.69) is 131 Å². The highest BCUT2D eigenvalue weighted by atomic mass is 15.1. The molecule has 33 heavy (non-hydrogen) atoms. The molecule has 0 bridgehead atoms. The molecule has 1 heterocycles. The molecule has 158 valence electrons. The third-order valence-electron chi connectivity index (χ3n) is 7.01. The fraction of sp³-hybridized carbons (Fsp3) is 0.0968. The van der Waals surface area contributed by atoms with Crippen LogP contribution in [-0.4, -0.2) is 4.57 Å². The summed E-state index contributed by atoms with van der Waals surface area (Å²) >= 11 is 0. The van der Waals surface area contributed by atoms with Gasteiger partial charge in [-0.05, 0) is 72.9 Å². The third kappa shape index (κ3) is 3.02. The van der Waals surface area contributed by atoms with E-state index in [0.717, 1.165) is 5.92 Å². The van der Waals surface area contributed by atoms with E-state index in [-0.39, 0.29) is 0 Å². The number of fused-ring (bicyclic) bond motifs is 4. The fourth-order valence-corrected chi connectivity index (χ4v) is 5.27. The average molecular weight is 425 g/mol. The van der Waals surface area contributed by atoms with E-state index in [1.54, 1.807) is 0 Å². The van der Waals surface area contributed by atoms with Gasteiger partial charge in [-0.1, -0.05) is 66.7 Å². The molecule has 2 unspecified atom stereocenters. The molecule has 0 N–H and O–H groups in total. The minimum Gasteiger partial charge on any atom is -0.311 e. The van der Waals surface area contributed by atoms with E-state index in [1.807, 2.05) is 0 Å². The molecule has 2 nitrogen and oxygen atoms in total. The summed E-state index contributed by atoms with van der Waals surface area (Å²) in [6, 6.07) is 37.0. The molecule has 5 aromatic rings. The number of nitrogens with zero attached hydrogens (tertiary/aromatic N) is 2. The summed E-state index contributed by atoms with van der Waals surface area (Å²) in [7, 11) is 0. The van der Waals surface area contributed by atoms with Gasteiger partial charge in [0.15, 0.2) is 0 Å². The second kappa shape index (κ2) is 7.25. The summed E-state index contributed by atoms with van der Waals surface area (Å²) < 4.78 is 2.37. The number of hydrogen-bond acceptors (Lipinski definition) is 1. The zero-order valence-electron chi connectivity index (χ0n) is 18.3. The number of aromatic nitrogens is 1. The highest BCUT2D eigenvalue weighted by Crippen LogP contribution is 2.46. The Balaban J connectivity index is 1.36. The molecule has 2 heteroatoms. The van der Waals surface area contributed by atoms with E-state index < -0.39 is 0 Å². The molecule has 0 aliphatic heterocycles. The molecule has 2 aliphatic carbocycles.